The van der Waals surface area contributed by atoms with Crippen LogP contribution in [0.3, 0.4) is 0 Å². The van der Waals surface area contributed by atoms with E-state index < -0.39 is 0 Å². The first kappa shape index (κ1) is 11.4. The molecule has 0 aliphatic rings. The average Bonchev–Trinajstić information content (AvgIpc) is 2.12. The summed E-state index contributed by atoms with van der Waals surface area (Å²) in [5.41, 5.74) is 2.40. The van der Waals surface area contributed by atoms with Crippen LogP contribution >= 0.6 is 0 Å². The van der Waals surface area contributed by atoms with E-state index in [2.05, 4.69) is 50.2 Å². The van der Waals surface area contributed by atoms with Crippen molar-refractivity contribution < 1.29 is 58.2 Å². The Kier molecular flexibility index (Phi) is 4.18. The Bertz CT molecular complexity index is 418. The minimum atomic E-state index is 0. The molecule has 2 aromatic carbocycles. The van der Waals surface area contributed by atoms with Crippen molar-refractivity contribution in [1.82, 2.24) is 0 Å². The fraction of sp³-hybridized carbons (Fsp3) is 0.0833. The summed E-state index contributed by atoms with van der Waals surface area (Å²) in [5.74, 6) is 0. The SMILES string of the molecule is [CH2-]c1c(C)ccc2ccccc12.[Rb+]. The summed E-state index contributed by atoms with van der Waals surface area (Å²) in [6, 6.07) is 12.6. The van der Waals surface area contributed by atoms with Crippen molar-refractivity contribution >= 4 is 10.8 Å². The van der Waals surface area contributed by atoms with Crippen molar-refractivity contribution in [2.24, 2.45) is 0 Å². The molecule has 60 valence electrons. The molecule has 2 rings (SSSR count). The zero-order valence-corrected chi connectivity index (χ0v) is 13.1. The summed E-state index contributed by atoms with van der Waals surface area (Å²) < 4.78 is 0. The Labute approximate surface area is 128 Å². The Morgan fingerprint density at radius 2 is 1.69 bits per heavy atom. The van der Waals surface area contributed by atoms with Gasteiger partial charge in [0, 0.05) is 0 Å². The molecule has 0 aliphatic heterocycles. The second-order valence-corrected chi connectivity index (χ2v) is 3.08. The zero-order valence-electron chi connectivity index (χ0n) is 8.17. The van der Waals surface area contributed by atoms with E-state index in [0.717, 1.165) is 5.56 Å². The molecule has 0 saturated carbocycles. The van der Waals surface area contributed by atoms with Gasteiger partial charge >= 0.3 is 58.2 Å². The molecule has 0 unspecified atom stereocenters. The average molecular weight is 241 g/mol. The maximum absolute atomic E-state index is 4.05. The predicted octanol–water partition coefficient (Wildman–Crippen LogP) is 0.334. The number of hydrogen-bond donors (Lipinski definition) is 0. The number of rotatable bonds is 0. The van der Waals surface area contributed by atoms with Gasteiger partial charge in [0.2, 0.25) is 0 Å². The molecule has 2 aromatic rings. The topological polar surface area (TPSA) is 0 Å². The number of aryl methyl sites for hydroxylation is 1. The van der Waals surface area contributed by atoms with Crippen LogP contribution in [0.25, 0.3) is 10.8 Å². The van der Waals surface area contributed by atoms with Gasteiger partial charge in [-0.1, -0.05) is 36.6 Å². The summed E-state index contributed by atoms with van der Waals surface area (Å²) in [5, 5.41) is 2.53. The van der Waals surface area contributed by atoms with Gasteiger partial charge in [0.25, 0.3) is 0 Å². The molecule has 0 atom stereocenters. The van der Waals surface area contributed by atoms with Crippen LogP contribution in [0.4, 0.5) is 0 Å². The van der Waals surface area contributed by atoms with Crippen LogP contribution < -0.4 is 58.2 Å². The van der Waals surface area contributed by atoms with Crippen LogP contribution in [-0.2, 0) is 0 Å². The summed E-state index contributed by atoms with van der Waals surface area (Å²) in [6.07, 6.45) is 0. The van der Waals surface area contributed by atoms with Crippen LogP contribution in [0.1, 0.15) is 11.1 Å². The first-order chi connectivity index (χ1) is 5.79. The van der Waals surface area contributed by atoms with Crippen LogP contribution in [0.2, 0.25) is 0 Å². The van der Waals surface area contributed by atoms with Crippen LogP contribution in [0, 0.1) is 13.8 Å². The Hall–Kier alpha value is 0.375. The molecule has 0 amide bonds. The van der Waals surface area contributed by atoms with E-state index in [0.29, 0.717) is 0 Å². The standard InChI is InChI=1S/C12H11.Rb/c1-9-7-8-11-5-3-4-6-12(11)10(9)2;/h3-8H,2H2,1H3;/q-1;+1. The van der Waals surface area contributed by atoms with Crippen LogP contribution in [-0.4, -0.2) is 0 Å². The van der Waals surface area contributed by atoms with Gasteiger partial charge in [0.15, 0.2) is 0 Å². The van der Waals surface area contributed by atoms with Crippen molar-refractivity contribution in [3.63, 3.8) is 0 Å². The van der Waals surface area contributed by atoms with E-state index in [1.807, 2.05) is 0 Å². The molecule has 0 fully saturated rings. The maximum Gasteiger partial charge on any atom is 1.00 e. The molecule has 1 heteroatoms. The number of hydrogen-bond acceptors (Lipinski definition) is 0. The molecule has 0 spiro atoms. The molecule has 0 nitrogen and oxygen atoms in total. The van der Waals surface area contributed by atoms with E-state index in [1.54, 1.807) is 0 Å². The number of fused-ring (bicyclic) bond motifs is 1. The molecule has 0 bridgehead atoms. The first-order valence-corrected chi connectivity index (χ1v) is 4.09. The minimum Gasteiger partial charge on any atom is -0.198 e. The molecule has 0 aromatic heterocycles. The summed E-state index contributed by atoms with van der Waals surface area (Å²) in [4.78, 5) is 0. The quantitative estimate of drug-likeness (QED) is 0.583. The van der Waals surface area contributed by atoms with Crippen molar-refractivity contribution in [3.8, 4) is 0 Å². The maximum atomic E-state index is 4.05. The monoisotopic (exact) mass is 240 g/mol. The molecule has 0 radical (unpaired) electrons. The fourth-order valence-corrected chi connectivity index (χ4v) is 1.44. The second-order valence-electron chi connectivity index (χ2n) is 3.08. The van der Waals surface area contributed by atoms with Crippen LogP contribution in [0.5, 0.6) is 0 Å². The van der Waals surface area contributed by atoms with Gasteiger partial charge in [-0.15, -0.1) is 17.5 Å². The van der Waals surface area contributed by atoms with Gasteiger partial charge in [-0.05, 0) is 0 Å². The molecule has 0 saturated heterocycles. The van der Waals surface area contributed by atoms with Gasteiger partial charge in [0.05, 0.1) is 0 Å². The molecular weight excluding hydrogens is 230 g/mol. The third-order valence-electron chi connectivity index (χ3n) is 2.27. The minimum absolute atomic E-state index is 0. The molecular formula is C12H11Rb. The van der Waals surface area contributed by atoms with E-state index in [1.165, 1.54) is 16.3 Å². The van der Waals surface area contributed by atoms with Crippen molar-refractivity contribution in [1.29, 1.82) is 0 Å². The predicted molar refractivity (Wildman–Crippen MR) is 53.1 cm³/mol. The van der Waals surface area contributed by atoms with E-state index in [4.69, 9.17) is 0 Å². The van der Waals surface area contributed by atoms with Gasteiger partial charge in [0.1, 0.15) is 0 Å². The van der Waals surface area contributed by atoms with Crippen molar-refractivity contribution in [2.45, 2.75) is 6.92 Å². The Morgan fingerprint density at radius 3 is 2.46 bits per heavy atom. The Balaban J connectivity index is 0.000000845. The zero-order chi connectivity index (χ0) is 8.55. The normalized spacial score (nSPS) is 9.62. The van der Waals surface area contributed by atoms with E-state index >= 15 is 0 Å². The van der Waals surface area contributed by atoms with Gasteiger partial charge in [-0.2, -0.15) is 18.1 Å². The molecule has 0 aliphatic carbocycles. The smallest absolute Gasteiger partial charge is 0.198 e. The third-order valence-corrected chi connectivity index (χ3v) is 2.27. The van der Waals surface area contributed by atoms with Crippen molar-refractivity contribution in [3.05, 3.63) is 54.4 Å². The summed E-state index contributed by atoms with van der Waals surface area (Å²) in [7, 11) is 0. The van der Waals surface area contributed by atoms with Crippen LogP contribution in [0.15, 0.2) is 36.4 Å². The summed E-state index contributed by atoms with van der Waals surface area (Å²) >= 11 is 0. The van der Waals surface area contributed by atoms with E-state index in [-0.39, 0.29) is 58.2 Å². The van der Waals surface area contributed by atoms with E-state index in [9.17, 15) is 0 Å². The first-order valence-electron chi connectivity index (χ1n) is 4.09. The van der Waals surface area contributed by atoms with Gasteiger partial charge in [-0.25, -0.2) is 0 Å². The molecule has 0 heterocycles. The van der Waals surface area contributed by atoms with Gasteiger partial charge in [-0.3, -0.25) is 0 Å². The van der Waals surface area contributed by atoms with Gasteiger partial charge < -0.3 is 0 Å². The molecule has 13 heavy (non-hydrogen) atoms. The largest absolute Gasteiger partial charge is 1.00 e. The fourth-order valence-electron chi connectivity index (χ4n) is 1.44. The number of benzene rings is 2. The summed E-state index contributed by atoms with van der Waals surface area (Å²) in [6.45, 7) is 6.14. The molecule has 0 N–H and O–H groups in total. The Morgan fingerprint density at radius 1 is 1.00 bits per heavy atom. The third kappa shape index (κ3) is 2.24. The second kappa shape index (κ2) is 4.74. The van der Waals surface area contributed by atoms with Crippen molar-refractivity contribution in [2.75, 3.05) is 0 Å².